The van der Waals surface area contributed by atoms with Gasteiger partial charge in [0.05, 0.1) is 17.1 Å². The highest BCUT2D eigenvalue weighted by molar-refractivity contribution is 7.89. The quantitative estimate of drug-likeness (QED) is 0.627. The maximum atomic E-state index is 13.0. The Hall–Kier alpha value is -2.75. The van der Waals surface area contributed by atoms with E-state index < -0.39 is 10.0 Å². The van der Waals surface area contributed by atoms with Crippen LogP contribution in [0.25, 0.3) is 6.08 Å². The molecule has 0 spiro atoms. The van der Waals surface area contributed by atoms with Crippen molar-refractivity contribution in [2.45, 2.75) is 24.9 Å². The fourth-order valence-electron chi connectivity index (χ4n) is 3.07. The Labute approximate surface area is 166 Å². The Morgan fingerprint density at radius 3 is 2.82 bits per heavy atom. The number of rotatable bonds is 5. The van der Waals surface area contributed by atoms with Gasteiger partial charge in [0.25, 0.3) is 0 Å². The zero-order valence-electron chi connectivity index (χ0n) is 15.0. The van der Waals surface area contributed by atoms with Gasteiger partial charge in [-0.25, -0.2) is 8.42 Å². The second kappa shape index (κ2) is 7.34. The molecule has 0 unspecified atom stereocenters. The number of thiophene rings is 1. The fraction of sp³-hybridized carbons (Fsp3) is 0.158. The molecule has 0 atom stereocenters. The molecular weight excluding hydrogens is 396 g/mol. The second-order valence-electron chi connectivity index (χ2n) is 6.41. The first-order valence-corrected chi connectivity index (χ1v) is 10.9. The van der Waals surface area contributed by atoms with Crippen LogP contribution in [0.5, 0.6) is 0 Å². The van der Waals surface area contributed by atoms with Gasteiger partial charge in [0.15, 0.2) is 5.82 Å². The third-order valence-electron chi connectivity index (χ3n) is 4.52. The maximum absolute atomic E-state index is 13.0. The molecule has 2 aromatic heterocycles. The van der Waals surface area contributed by atoms with Crippen molar-refractivity contribution in [3.05, 3.63) is 69.6 Å². The van der Waals surface area contributed by atoms with E-state index in [0.717, 1.165) is 4.88 Å². The molecule has 0 saturated heterocycles. The van der Waals surface area contributed by atoms with Crippen molar-refractivity contribution in [3.63, 3.8) is 0 Å². The number of sulfonamides is 1. The van der Waals surface area contributed by atoms with Crippen molar-refractivity contribution in [2.24, 2.45) is 0 Å². The SMILES string of the molecule is Cc1ccccc1S(=O)(=O)N1Cc2[nH]nc(NC(=O)C=Cc3cccs3)c2C1. The third kappa shape index (κ3) is 3.51. The van der Waals surface area contributed by atoms with Gasteiger partial charge in [-0.2, -0.15) is 9.40 Å². The molecule has 9 heteroatoms. The van der Waals surface area contributed by atoms with E-state index in [-0.39, 0.29) is 23.9 Å². The molecule has 1 amide bonds. The summed E-state index contributed by atoms with van der Waals surface area (Å²) in [4.78, 5) is 13.4. The summed E-state index contributed by atoms with van der Waals surface area (Å²) >= 11 is 1.53. The van der Waals surface area contributed by atoms with E-state index in [0.29, 0.717) is 22.6 Å². The van der Waals surface area contributed by atoms with Crippen LogP contribution in [0.15, 0.2) is 52.7 Å². The minimum absolute atomic E-state index is 0.159. The largest absolute Gasteiger partial charge is 0.305 e. The maximum Gasteiger partial charge on any atom is 0.249 e. The average molecular weight is 415 g/mol. The van der Waals surface area contributed by atoms with Crippen LogP contribution in [-0.2, 0) is 27.9 Å². The zero-order valence-corrected chi connectivity index (χ0v) is 16.7. The number of aromatic amines is 1. The van der Waals surface area contributed by atoms with E-state index in [1.54, 1.807) is 31.2 Å². The van der Waals surface area contributed by atoms with Gasteiger partial charge in [0.2, 0.25) is 15.9 Å². The lowest BCUT2D eigenvalue weighted by atomic mass is 10.2. The molecule has 0 aliphatic carbocycles. The van der Waals surface area contributed by atoms with E-state index in [1.807, 2.05) is 23.6 Å². The highest BCUT2D eigenvalue weighted by Crippen LogP contribution is 2.32. The monoisotopic (exact) mass is 414 g/mol. The lowest BCUT2D eigenvalue weighted by molar-refractivity contribution is -0.111. The standard InChI is InChI=1S/C19H18N4O3S2/c1-13-5-2-3-7-17(13)28(25,26)23-11-15-16(12-23)21-22-19(15)20-18(24)9-8-14-6-4-10-27-14/h2-10H,11-12H2,1H3,(H2,20,21,22,24). The number of benzene rings is 1. The number of hydrogen-bond donors (Lipinski definition) is 2. The fourth-order valence-corrected chi connectivity index (χ4v) is 5.29. The van der Waals surface area contributed by atoms with Gasteiger partial charge in [0, 0.05) is 23.1 Å². The zero-order chi connectivity index (χ0) is 19.7. The Morgan fingerprint density at radius 2 is 2.07 bits per heavy atom. The van der Waals surface area contributed by atoms with Crippen LogP contribution in [0.3, 0.4) is 0 Å². The normalized spacial score (nSPS) is 14.5. The molecule has 7 nitrogen and oxygen atoms in total. The molecular formula is C19H18N4O3S2. The first-order chi connectivity index (χ1) is 13.4. The molecule has 1 aliphatic heterocycles. The van der Waals surface area contributed by atoms with Crippen molar-refractivity contribution >= 4 is 39.2 Å². The lowest BCUT2D eigenvalue weighted by Crippen LogP contribution is -2.27. The van der Waals surface area contributed by atoms with Gasteiger partial charge in [0.1, 0.15) is 0 Å². The topological polar surface area (TPSA) is 95.2 Å². The number of nitrogens with zero attached hydrogens (tertiary/aromatic N) is 2. The smallest absolute Gasteiger partial charge is 0.249 e. The molecule has 1 aliphatic rings. The van der Waals surface area contributed by atoms with Crippen LogP contribution in [0.4, 0.5) is 5.82 Å². The first-order valence-electron chi connectivity index (χ1n) is 8.59. The number of fused-ring (bicyclic) bond motifs is 1. The molecule has 28 heavy (non-hydrogen) atoms. The molecule has 4 rings (SSSR count). The summed E-state index contributed by atoms with van der Waals surface area (Å²) in [5.41, 5.74) is 2.08. The van der Waals surface area contributed by atoms with Crippen molar-refractivity contribution in [3.8, 4) is 0 Å². The average Bonchev–Trinajstić information content (AvgIpc) is 3.39. The van der Waals surface area contributed by atoms with Gasteiger partial charge < -0.3 is 5.32 Å². The number of H-pyrrole nitrogens is 1. The van der Waals surface area contributed by atoms with E-state index in [9.17, 15) is 13.2 Å². The number of hydrogen-bond acceptors (Lipinski definition) is 5. The number of amides is 1. The van der Waals surface area contributed by atoms with Crippen molar-refractivity contribution in [1.82, 2.24) is 14.5 Å². The molecule has 0 fully saturated rings. The van der Waals surface area contributed by atoms with E-state index in [2.05, 4.69) is 15.5 Å². The summed E-state index contributed by atoms with van der Waals surface area (Å²) in [7, 11) is -3.63. The van der Waals surface area contributed by atoms with E-state index >= 15 is 0 Å². The van der Waals surface area contributed by atoms with Crippen LogP contribution in [-0.4, -0.2) is 28.8 Å². The Bertz CT molecular complexity index is 1150. The molecule has 2 N–H and O–H groups in total. The van der Waals surface area contributed by atoms with Gasteiger partial charge in [-0.05, 0) is 36.1 Å². The van der Waals surface area contributed by atoms with Crippen LogP contribution in [0.2, 0.25) is 0 Å². The highest BCUT2D eigenvalue weighted by atomic mass is 32.2. The Balaban J connectivity index is 1.50. The second-order valence-corrected chi connectivity index (χ2v) is 9.29. The van der Waals surface area contributed by atoms with E-state index in [4.69, 9.17) is 0 Å². The molecule has 3 heterocycles. The van der Waals surface area contributed by atoms with Gasteiger partial charge in [-0.3, -0.25) is 9.89 Å². The molecule has 3 aromatic rings. The minimum Gasteiger partial charge on any atom is -0.305 e. The number of aromatic nitrogens is 2. The van der Waals surface area contributed by atoms with Crippen molar-refractivity contribution in [1.29, 1.82) is 0 Å². The Morgan fingerprint density at radius 1 is 1.25 bits per heavy atom. The van der Waals surface area contributed by atoms with Gasteiger partial charge in [-0.15, -0.1) is 11.3 Å². The van der Waals surface area contributed by atoms with Crippen LogP contribution < -0.4 is 5.32 Å². The van der Waals surface area contributed by atoms with Crippen LogP contribution >= 0.6 is 11.3 Å². The number of anilines is 1. The highest BCUT2D eigenvalue weighted by Gasteiger charge is 2.34. The third-order valence-corrected chi connectivity index (χ3v) is 7.31. The summed E-state index contributed by atoms with van der Waals surface area (Å²) in [5, 5.41) is 11.6. The minimum atomic E-state index is -3.63. The predicted octanol–water partition coefficient (Wildman–Crippen LogP) is 3.14. The Kier molecular flexibility index (Phi) is 4.88. The number of aryl methyl sites for hydroxylation is 1. The van der Waals surface area contributed by atoms with Crippen molar-refractivity contribution < 1.29 is 13.2 Å². The number of nitrogens with one attached hydrogen (secondary N) is 2. The summed E-state index contributed by atoms with van der Waals surface area (Å²) in [6.07, 6.45) is 3.16. The molecule has 0 bridgehead atoms. The van der Waals surface area contributed by atoms with Gasteiger partial charge in [-0.1, -0.05) is 24.3 Å². The molecule has 0 radical (unpaired) electrons. The first kappa shape index (κ1) is 18.6. The van der Waals surface area contributed by atoms with E-state index in [1.165, 1.54) is 21.7 Å². The van der Waals surface area contributed by atoms with Crippen LogP contribution in [0, 0.1) is 6.92 Å². The lowest BCUT2D eigenvalue weighted by Gasteiger charge is -2.17. The summed E-state index contributed by atoms with van der Waals surface area (Å²) in [6.45, 7) is 2.13. The predicted molar refractivity (Wildman–Crippen MR) is 108 cm³/mol. The number of carbonyl (C=O) groups is 1. The summed E-state index contributed by atoms with van der Waals surface area (Å²) < 4.78 is 27.4. The molecule has 1 aromatic carbocycles. The summed E-state index contributed by atoms with van der Waals surface area (Å²) in [5.74, 6) is 0.0428. The number of carbonyl (C=O) groups excluding carboxylic acids is 1. The molecule has 0 saturated carbocycles. The van der Waals surface area contributed by atoms with Crippen LogP contribution in [0.1, 0.15) is 21.7 Å². The summed E-state index contributed by atoms with van der Waals surface area (Å²) in [6, 6.07) is 10.7. The molecule has 144 valence electrons. The van der Waals surface area contributed by atoms with Crippen molar-refractivity contribution in [2.75, 3.05) is 5.32 Å². The van der Waals surface area contributed by atoms with Gasteiger partial charge >= 0.3 is 0 Å².